The summed E-state index contributed by atoms with van der Waals surface area (Å²) in [5.74, 6) is 2.78. The Morgan fingerprint density at radius 2 is 1.16 bits per heavy atom. The highest BCUT2D eigenvalue weighted by atomic mass is 16.8. The van der Waals surface area contributed by atoms with Gasteiger partial charge in [0, 0.05) is 43.8 Å². The van der Waals surface area contributed by atoms with Gasteiger partial charge in [-0.1, -0.05) is 98.1 Å². The van der Waals surface area contributed by atoms with E-state index in [0.717, 1.165) is 54.9 Å². The number of hydrogen-bond donors (Lipinski definition) is 0. The maximum Gasteiger partial charge on any atom is 0.183 e. The fraction of sp³-hybridized carbons (Fsp3) is 0.0571. The Balaban J connectivity index is 1.64. The van der Waals surface area contributed by atoms with Crippen LogP contribution in [-0.2, 0) is 0 Å². The van der Waals surface area contributed by atoms with Gasteiger partial charge in [0.1, 0.15) is 0 Å². The van der Waals surface area contributed by atoms with E-state index < -0.39 is 0 Å². The highest BCUT2D eigenvalue weighted by molar-refractivity contribution is 6.36. The number of benzene rings is 2. The number of rotatable bonds is 2. The molecule has 0 saturated heterocycles. The van der Waals surface area contributed by atoms with Crippen LogP contribution in [0.4, 0.5) is 11.6 Å². The number of aliphatic imine (C=N–C) groups is 4. The normalized spacial score (nSPS) is 20.4. The highest BCUT2D eigenvalue weighted by Gasteiger charge is 2.31. The monoisotopic (exact) mass is 559 g/mol. The van der Waals surface area contributed by atoms with Gasteiger partial charge in [0.05, 0.1) is 11.1 Å². The molecule has 2 aromatic carbocycles. The molecule has 4 aliphatic rings. The molecule has 0 aliphatic carbocycles. The number of fused-ring (bicyclic) bond motifs is 8. The highest BCUT2D eigenvalue weighted by Crippen LogP contribution is 2.40. The van der Waals surface area contributed by atoms with Crippen LogP contribution in [0.3, 0.4) is 0 Å². The van der Waals surface area contributed by atoms with Crippen molar-refractivity contribution in [2.75, 3.05) is 0 Å². The third kappa shape index (κ3) is 3.47. The summed E-state index contributed by atoms with van der Waals surface area (Å²) in [4.78, 5) is 32.3. The zero-order valence-electron chi connectivity index (χ0n) is 23.6. The molecule has 0 amide bonds. The lowest BCUT2D eigenvalue weighted by atomic mass is 10.0. The molecular weight excluding hydrogens is 534 g/mol. The fourth-order valence-electron chi connectivity index (χ4n) is 6.02. The van der Waals surface area contributed by atoms with Crippen LogP contribution in [0, 0.1) is 0 Å². The third-order valence-corrected chi connectivity index (χ3v) is 7.88. The Hall–Kier alpha value is -5.89. The third-order valence-electron chi connectivity index (χ3n) is 7.88. The predicted octanol–water partition coefficient (Wildman–Crippen LogP) is 5.96. The van der Waals surface area contributed by atoms with Crippen LogP contribution in [0.2, 0.25) is 0 Å². The van der Waals surface area contributed by atoms with Crippen molar-refractivity contribution in [2.24, 2.45) is 25.0 Å². The molecule has 4 aliphatic heterocycles. The van der Waals surface area contributed by atoms with E-state index in [0.29, 0.717) is 34.6 Å². The molecule has 6 heterocycles. The molecule has 2 aromatic heterocycles. The molecule has 0 fully saturated rings. The van der Waals surface area contributed by atoms with E-state index in [1.807, 2.05) is 86.7 Å². The van der Waals surface area contributed by atoms with Crippen LogP contribution in [0.15, 0.2) is 145 Å². The van der Waals surface area contributed by atoms with Crippen molar-refractivity contribution >= 4 is 62.5 Å². The van der Waals surface area contributed by atoms with Crippen LogP contribution in [0.25, 0.3) is 27.6 Å². The van der Waals surface area contributed by atoms with Gasteiger partial charge in [0.15, 0.2) is 34.6 Å². The number of aromatic nitrogens is 2. The van der Waals surface area contributed by atoms with Crippen molar-refractivity contribution in [3.63, 3.8) is 0 Å². The van der Waals surface area contributed by atoms with E-state index >= 15 is 0 Å². The summed E-state index contributed by atoms with van der Waals surface area (Å²) in [6.07, 6.45) is 13.5. The van der Waals surface area contributed by atoms with E-state index in [2.05, 4.69) is 19.2 Å². The lowest BCUT2D eigenvalue weighted by Gasteiger charge is -2.12. The predicted molar refractivity (Wildman–Crippen MR) is 174 cm³/mol. The molecule has 206 valence electrons. The van der Waals surface area contributed by atoms with Crippen molar-refractivity contribution in [3.05, 3.63) is 131 Å². The average Bonchev–Trinajstić information content (AvgIpc) is 3.71. The second-order valence-electron chi connectivity index (χ2n) is 10.2. The summed E-state index contributed by atoms with van der Waals surface area (Å²) in [6, 6.07) is 16.1. The van der Waals surface area contributed by atoms with Crippen molar-refractivity contribution in [1.29, 1.82) is 0 Å². The molecule has 8 heteroatoms. The van der Waals surface area contributed by atoms with Crippen LogP contribution < -0.4 is 15.8 Å². The lowest BCUT2D eigenvalue weighted by molar-refractivity contribution is 0.0320. The minimum absolute atomic E-state index is 0.522. The SMILES string of the molecule is C=CC=C1C2=NC(=Nc3c4ccccc4c4n3On3c(c5ccccc5c3=NC3=NC(=N4)/C(=C/C=C)C3=CC)=C2)/C1=C/C. The molecule has 0 N–H and O–H groups in total. The van der Waals surface area contributed by atoms with Crippen LogP contribution in [-0.4, -0.2) is 32.7 Å². The van der Waals surface area contributed by atoms with Crippen molar-refractivity contribution in [1.82, 2.24) is 9.46 Å². The molecule has 0 spiro atoms. The quantitative estimate of drug-likeness (QED) is 0.299. The number of allylic oxidation sites excluding steroid dienone is 6. The van der Waals surface area contributed by atoms with Crippen LogP contribution in [0.1, 0.15) is 13.8 Å². The first-order valence-electron chi connectivity index (χ1n) is 14.0. The maximum absolute atomic E-state index is 6.87. The van der Waals surface area contributed by atoms with E-state index in [1.165, 1.54) is 0 Å². The summed E-state index contributed by atoms with van der Waals surface area (Å²) in [5.41, 5.74) is 4.90. The molecule has 43 heavy (non-hydrogen) atoms. The smallest absolute Gasteiger partial charge is 0.183 e. The Morgan fingerprint density at radius 3 is 1.81 bits per heavy atom. The molecular formula is C35H25N7O. The van der Waals surface area contributed by atoms with Gasteiger partial charge in [-0.15, -0.1) is 9.46 Å². The minimum atomic E-state index is 0.522. The zero-order chi connectivity index (χ0) is 29.2. The number of nitrogens with zero attached hydrogens (tertiary/aromatic N) is 7. The van der Waals surface area contributed by atoms with E-state index in [-0.39, 0.29) is 0 Å². The van der Waals surface area contributed by atoms with Crippen LogP contribution in [0.5, 0.6) is 0 Å². The Bertz CT molecular complexity index is 2360. The van der Waals surface area contributed by atoms with Gasteiger partial charge in [-0.2, -0.15) is 0 Å². The Morgan fingerprint density at radius 1 is 0.605 bits per heavy atom. The van der Waals surface area contributed by atoms with Gasteiger partial charge in [-0.3, -0.25) is 4.94 Å². The van der Waals surface area contributed by atoms with Crippen molar-refractivity contribution in [2.45, 2.75) is 13.8 Å². The van der Waals surface area contributed by atoms with E-state index in [1.54, 1.807) is 21.6 Å². The lowest BCUT2D eigenvalue weighted by Crippen LogP contribution is -2.37. The Kier molecular flexibility index (Phi) is 5.39. The summed E-state index contributed by atoms with van der Waals surface area (Å²) < 4.78 is 3.41. The van der Waals surface area contributed by atoms with Gasteiger partial charge in [0.25, 0.3) is 0 Å². The fourth-order valence-corrected chi connectivity index (χ4v) is 6.02. The first kappa shape index (κ1) is 24.9. The number of amidine groups is 3. The molecule has 0 saturated carbocycles. The van der Waals surface area contributed by atoms with Gasteiger partial charge in [-0.05, 0) is 19.9 Å². The molecule has 6 bridgehead atoms. The summed E-state index contributed by atoms with van der Waals surface area (Å²) in [7, 11) is 0. The standard InChI is InChI=1S/C35H25N7O/c1-5-13-22-20(7-3)30-36-28(22)19-29-23-15-9-10-16-25(23)33-39-31-21(8-4)24(14-6-2)32(37-31)40-35-27-18-12-11-17-26(27)34(38-30)42(35)43-41(29)33/h5-19H,1-2H2,3-4H3/b20-7+,21-8?,22-13?,24-14+,28-19?,29-19?,38-30?,38-34?,39-31?,39-33?,40-32?,40-35?. The van der Waals surface area contributed by atoms with E-state index in [4.69, 9.17) is 29.9 Å². The summed E-state index contributed by atoms with van der Waals surface area (Å²) >= 11 is 0. The second-order valence-corrected chi connectivity index (χ2v) is 10.2. The maximum atomic E-state index is 6.87. The summed E-state index contributed by atoms with van der Waals surface area (Å²) in [6.45, 7) is 11.9. The number of hydrogen-bond acceptors (Lipinski definition) is 6. The topological polar surface area (TPSA) is 80.9 Å². The largest absolute Gasteiger partial charge is 0.276 e. The first-order chi connectivity index (χ1) is 21.1. The van der Waals surface area contributed by atoms with Crippen molar-refractivity contribution < 1.29 is 4.94 Å². The molecule has 0 radical (unpaired) electrons. The first-order valence-corrected chi connectivity index (χ1v) is 14.0. The van der Waals surface area contributed by atoms with Gasteiger partial charge < -0.3 is 0 Å². The minimum Gasteiger partial charge on any atom is -0.276 e. The average molecular weight is 560 g/mol. The molecule has 8 nitrogen and oxygen atoms in total. The molecule has 4 aromatic rings. The van der Waals surface area contributed by atoms with Gasteiger partial charge in [-0.25, -0.2) is 25.0 Å². The summed E-state index contributed by atoms with van der Waals surface area (Å²) in [5, 5.41) is 4.38. The van der Waals surface area contributed by atoms with Crippen LogP contribution >= 0.6 is 0 Å². The Labute approximate surface area is 246 Å². The van der Waals surface area contributed by atoms with Gasteiger partial charge in [0.2, 0.25) is 0 Å². The van der Waals surface area contributed by atoms with Gasteiger partial charge >= 0.3 is 0 Å². The second kappa shape index (κ2) is 9.32. The zero-order valence-corrected chi connectivity index (χ0v) is 23.6. The van der Waals surface area contributed by atoms with Crippen molar-refractivity contribution in [3.8, 4) is 0 Å². The molecule has 0 atom stereocenters. The molecule has 0 unspecified atom stereocenters. The molecule has 8 rings (SSSR count). The van der Waals surface area contributed by atoms with E-state index in [9.17, 15) is 0 Å².